The van der Waals surface area contributed by atoms with Crippen LogP contribution in [0.1, 0.15) is 33.9 Å². The second kappa shape index (κ2) is 17.8. The molecule has 0 aliphatic rings. The number of halogens is 6. The molecule has 1 atom stereocenters. The molecule has 5 rings (SSSR count). The highest BCUT2D eigenvalue weighted by atomic mass is 32.1. The molecule has 0 radical (unpaired) electrons. The van der Waals surface area contributed by atoms with Crippen LogP contribution >= 0.6 is 11.3 Å². The number of carboxylic acid groups (broad SMARTS) is 2. The summed E-state index contributed by atoms with van der Waals surface area (Å²) in [6, 6.07) is 18.2. The molecule has 11 nitrogen and oxygen atoms in total. The molecule has 2 aromatic heterocycles. The fraction of sp³-hybridized carbons (Fsp3) is 0.303. The van der Waals surface area contributed by atoms with Crippen LogP contribution in [0.2, 0.25) is 0 Å². The standard InChI is InChI=1S/C29H32N4O3S.2C2HF3O2/c1-18-4-2-7-22-21(16-32-26(18)22)11-13-30-15-20-6-3-5-19(14-20)10-12-31-17-25(35)23-8-9-24(34)27-28(23)37-29(36)33-27;2*3-2(4,5)1(6)7/h2-9,14,16,25,30-32,34-35H,10-13,15,17H2,1H3,(H,33,36);2*(H,6,7)/t25-;;/m0../s1. The number of nitrogens with one attached hydrogen (secondary N) is 4. The summed E-state index contributed by atoms with van der Waals surface area (Å²) in [6.45, 7) is 4.94. The van der Waals surface area contributed by atoms with Crippen LogP contribution in [-0.2, 0) is 29.0 Å². The molecule has 0 unspecified atom stereocenters. The number of aromatic amines is 2. The zero-order chi connectivity index (χ0) is 37.9. The predicted octanol–water partition coefficient (Wildman–Crippen LogP) is 5.55. The number of hydrogen-bond acceptors (Lipinski definition) is 8. The number of aliphatic hydroxyl groups excluding tert-OH is 1. The zero-order valence-electron chi connectivity index (χ0n) is 26.8. The van der Waals surface area contributed by atoms with Crippen molar-refractivity contribution in [1.29, 1.82) is 0 Å². The van der Waals surface area contributed by atoms with Crippen molar-refractivity contribution in [3.8, 4) is 5.75 Å². The quantitative estimate of drug-likeness (QED) is 0.0634. The van der Waals surface area contributed by atoms with Gasteiger partial charge in [-0.2, -0.15) is 26.3 Å². The number of para-hydroxylation sites is 1. The molecule has 8 N–H and O–H groups in total. The Labute approximate surface area is 289 Å². The summed E-state index contributed by atoms with van der Waals surface area (Å²) in [5, 5.41) is 43.0. The van der Waals surface area contributed by atoms with Gasteiger partial charge in [0.2, 0.25) is 0 Å². The van der Waals surface area contributed by atoms with Crippen LogP contribution < -0.4 is 15.5 Å². The number of fused-ring (bicyclic) bond motifs is 2. The minimum absolute atomic E-state index is 0.0136. The number of aromatic nitrogens is 2. The molecule has 276 valence electrons. The summed E-state index contributed by atoms with van der Waals surface area (Å²) in [6.07, 6.45) is -7.00. The number of aliphatic carboxylic acids is 2. The van der Waals surface area contributed by atoms with Crippen LogP contribution in [0.3, 0.4) is 0 Å². The summed E-state index contributed by atoms with van der Waals surface area (Å²) in [7, 11) is 0. The number of hydrogen-bond donors (Lipinski definition) is 8. The van der Waals surface area contributed by atoms with Gasteiger partial charge in [0.1, 0.15) is 11.3 Å². The van der Waals surface area contributed by atoms with E-state index in [1.165, 1.54) is 39.2 Å². The van der Waals surface area contributed by atoms with E-state index in [4.69, 9.17) is 19.8 Å². The number of aliphatic hydroxyl groups is 1. The molecule has 0 saturated carbocycles. The van der Waals surface area contributed by atoms with Crippen LogP contribution in [0.4, 0.5) is 26.3 Å². The van der Waals surface area contributed by atoms with Crippen LogP contribution in [0.25, 0.3) is 21.1 Å². The third-order valence-corrected chi connectivity index (χ3v) is 8.19. The molecular weight excluding hydrogens is 710 g/mol. The predicted molar refractivity (Wildman–Crippen MR) is 178 cm³/mol. The number of thiazole rings is 1. The summed E-state index contributed by atoms with van der Waals surface area (Å²) in [5.74, 6) is -5.50. The number of carbonyl (C=O) groups is 2. The number of alkyl halides is 6. The molecule has 0 fully saturated rings. The van der Waals surface area contributed by atoms with E-state index in [0.717, 1.165) is 43.8 Å². The van der Waals surface area contributed by atoms with Gasteiger partial charge in [-0.15, -0.1) is 0 Å². The number of phenols is 1. The molecule has 0 amide bonds. The lowest BCUT2D eigenvalue weighted by Crippen LogP contribution is -2.24. The molecule has 18 heteroatoms. The van der Waals surface area contributed by atoms with Crippen LogP contribution in [-0.4, -0.2) is 74.3 Å². The van der Waals surface area contributed by atoms with Crippen molar-refractivity contribution in [1.82, 2.24) is 20.6 Å². The van der Waals surface area contributed by atoms with Gasteiger partial charge in [-0.05, 0) is 61.2 Å². The molecule has 3 aromatic carbocycles. The first-order valence-electron chi connectivity index (χ1n) is 15.1. The molecule has 0 bridgehead atoms. The maximum atomic E-state index is 11.7. The summed E-state index contributed by atoms with van der Waals surface area (Å²) in [5.41, 5.74) is 7.35. The molecule has 0 spiro atoms. The van der Waals surface area contributed by atoms with Gasteiger partial charge in [-0.3, -0.25) is 4.79 Å². The zero-order valence-corrected chi connectivity index (χ0v) is 27.6. The van der Waals surface area contributed by atoms with Crippen LogP contribution in [0.15, 0.2) is 65.6 Å². The van der Waals surface area contributed by atoms with Crippen molar-refractivity contribution in [3.63, 3.8) is 0 Å². The van der Waals surface area contributed by atoms with Crippen LogP contribution in [0, 0.1) is 6.92 Å². The van der Waals surface area contributed by atoms with Crippen molar-refractivity contribution >= 4 is 44.4 Å². The Morgan fingerprint density at radius 1 is 0.863 bits per heavy atom. The number of aromatic hydroxyl groups is 1. The van der Waals surface area contributed by atoms with E-state index in [-0.39, 0.29) is 10.6 Å². The summed E-state index contributed by atoms with van der Waals surface area (Å²) >= 11 is 1.00. The normalized spacial score (nSPS) is 12.2. The van der Waals surface area contributed by atoms with Crippen LogP contribution in [0.5, 0.6) is 5.75 Å². The number of carboxylic acids is 2. The highest BCUT2D eigenvalue weighted by molar-refractivity contribution is 7.16. The van der Waals surface area contributed by atoms with E-state index < -0.39 is 30.4 Å². The van der Waals surface area contributed by atoms with Crippen molar-refractivity contribution < 1.29 is 56.4 Å². The first-order chi connectivity index (χ1) is 23.9. The lowest BCUT2D eigenvalue weighted by atomic mass is 10.1. The first-order valence-corrected chi connectivity index (χ1v) is 15.9. The second-order valence-electron chi connectivity index (χ2n) is 11.0. The fourth-order valence-corrected chi connectivity index (χ4v) is 5.72. The number of benzene rings is 3. The van der Waals surface area contributed by atoms with Gasteiger partial charge in [-0.1, -0.05) is 59.9 Å². The maximum Gasteiger partial charge on any atom is 0.490 e. The van der Waals surface area contributed by atoms with E-state index >= 15 is 0 Å². The number of H-pyrrole nitrogens is 2. The largest absolute Gasteiger partial charge is 0.506 e. The molecular formula is C33H34F6N4O7S. The van der Waals surface area contributed by atoms with Gasteiger partial charge >= 0.3 is 29.2 Å². The molecule has 5 aromatic rings. The average molecular weight is 745 g/mol. The third kappa shape index (κ3) is 12.1. The van der Waals surface area contributed by atoms with E-state index in [1.54, 1.807) is 6.07 Å². The van der Waals surface area contributed by atoms with Crippen molar-refractivity contribution in [3.05, 3.63) is 98.3 Å². The van der Waals surface area contributed by atoms with Gasteiger partial charge in [0, 0.05) is 35.8 Å². The highest BCUT2D eigenvalue weighted by Gasteiger charge is 2.38. The summed E-state index contributed by atoms with van der Waals surface area (Å²) < 4.78 is 64.1. The first kappa shape index (κ1) is 40.5. The maximum absolute atomic E-state index is 11.7. The van der Waals surface area contributed by atoms with Crippen molar-refractivity contribution in [2.75, 3.05) is 19.6 Å². The van der Waals surface area contributed by atoms with Gasteiger partial charge in [0.15, 0.2) is 0 Å². The van der Waals surface area contributed by atoms with Crippen molar-refractivity contribution in [2.24, 2.45) is 0 Å². The number of rotatable bonds is 11. The lowest BCUT2D eigenvalue weighted by Gasteiger charge is -2.14. The fourth-order valence-electron chi connectivity index (χ4n) is 4.81. The smallest absolute Gasteiger partial charge is 0.490 e. The molecule has 0 saturated heterocycles. The third-order valence-electron chi connectivity index (χ3n) is 7.26. The number of phenolic OH excluding ortho intramolecular Hbond substituents is 1. The van der Waals surface area contributed by atoms with E-state index in [2.05, 4.69) is 76.2 Å². The SMILES string of the molecule is Cc1cccc2c(CCNCc3cccc(CCNC[C@H](O)c4ccc(O)c5[nH]c(=O)sc45)c3)c[nH]c12.O=C(O)C(F)(F)F.O=C(O)C(F)(F)F. The Bertz CT molecular complexity index is 1960. The number of aryl methyl sites for hydroxylation is 1. The Morgan fingerprint density at radius 2 is 1.47 bits per heavy atom. The van der Waals surface area contributed by atoms with E-state index in [0.29, 0.717) is 22.3 Å². The Kier molecular flexibility index (Phi) is 14.2. The highest BCUT2D eigenvalue weighted by Crippen LogP contribution is 2.31. The minimum atomic E-state index is -5.08. The van der Waals surface area contributed by atoms with Gasteiger partial charge < -0.3 is 41.0 Å². The molecule has 2 heterocycles. The van der Waals surface area contributed by atoms with Gasteiger partial charge in [-0.25, -0.2) is 9.59 Å². The molecule has 0 aliphatic carbocycles. The topological polar surface area (TPSA) is 188 Å². The Morgan fingerprint density at radius 3 is 2.12 bits per heavy atom. The van der Waals surface area contributed by atoms with Crippen molar-refractivity contribution in [2.45, 2.75) is 44.8 Å². The Balaban J connectivity index is 0.000000424. The minimum Gasteiger partial charge on any atom is -0.506 e. The molecule has 0 aliphatic heterocycles. The van der Waals surface area contributed by atoms with Gasteiger partial charge in [0.25, 0.3) is 0 Å². The monoisotopic (exact) mass is 744 g/mol. The average Bonchev–Trinajstić information content (AvgIpc) is 3.66. The lowest BCUT2D eigenvalue weighted by molar-refractivity contribution is -0.193. The Hall–Kier alpha value is -4.91. The second-order valence-corrected chi connectivity index (χ2v) is 12.0. The molecule has 51 heavy (non-hydrogen) atoms. The van der Waals surface area contributed by atoms with E-state index in [9.17, 15) is 41.4 Å². The van der Waals surface area contributed by atoms with Gasteiger partial charge in [0.05, 0.1) is 10.8 Å². The van der Waals surface area contributed by atoms with E-state index in [1.807, 2.05) is 0 Å². The summed E-state index contributed by atoms with van der Waals surface area (Å²) in [4.78, 5) is 35.3.